The van der Waals surface area contributed by atoms with Crippen LogP contribution in [0.4, 0.5) is 0 Å². The molecular weight excluding hydrogens is 286 g/mol. The summed E-state index contributed by atoms with van der Waals surface area (Å²) in [6.07, 6.45) is 2.70. The molecule has 1 aliphatic heterocycles. The molecule has 2 atom stereocenters. The maximum absolute atomic E-state index is 12.0. The van der Waals surface area contributed by atoms with Crippen LogP contribution in [0.15, 0.2) is 0 Å². The monoisotopic (exact) mass is 309 g/mol. The van der Waals surface area contributed by atoms with Crippen LogP contribution in [0.25, 0.3) is 0 Å². The topological polar surface area (TPSA) is 63.7 Å². The maximum Gasteiger partial charge on any atom is 0.323 e. The van der Waals surface area contributed by atoms with Crippen LogP contribution in [-0.4, -0.2) is 61.6 Å². The predicted molar refractivity (Wildman–Crippen MR) is 78.0 cm³/mol. The molecule has 0 saturated carbocycles. The average molecular weight is 309 g/mol. The molecule has 19 heavy (non-hydrogen) atoms. The van der Waals surface area contributed by atoms with Crippen LogP contribution in [0.1, 0.15) is 26.7 Å². The van der Waals surface area contributed by atoms with Gasteiger partial charge in [0.2, 0.25) is 0 Å². The second-order valence-electron chi connectivity index (χ2n) is 4.65. The van der Waals surface area contributed by atoms with E-state index in [4.69, 9.17) is 4.74 Å². The zero-order chi connectivity index (χ0) is 14.5. The normalized spacial score (nSPS) is 23.0. The fraction of sp³-hybridized carbons (Fsp3) is 0.917. The first-order chi connectivity index (χ1) is 8.91. The summed E-state index contributed by atoms with van der Waals surface area (Å²) < 4.78 is 28.8. The third-order valence-corrected chi connectivity index (χ3v) is 5.80. The lowest BCUT2D eigenvalue weighted by Gasteiger charge is -2.38. The van der Waals surface area contributed by atoms with Gasteiger partial charge >= 0.3 is 5.97 Å². The SMILES string of the molecule is CCCC(C(=O)OCC)N1CCSCC1S(C)(=O)=O. The molecule has 1 fully saturated rings. The molecule has 1 aliphatic rings. The summed E-state index contributed by atoms with van der Waals surface area (Å²) in [7, 11) is -3.19. The summed E-state index contributed by atoms with van der Waals surface area (Å²) in [4.78, 5) is 13.9. The van der Waals surface area contributed by atoms with E-state index < -0.39 is 21.3 Å². The average Bonchev–Trinajstić information content (AvgIpc) is 2.35. The number of esters is 1. The fourth-order valence-corrected chi connectivity index (χ4v) is 5.17. The lowest BCUT2D eigenvalue weighted by atomic mass is 10.1. The molecule has 0 spiro atoms. The third kappa shape index (κ3) is 4.65. The molecule has 2 unspecified atom stereocenters. The summed E-state index contributed by atoms with van der Waals surface area (Å²) in [5.41, 5.74) is 0. The largest absolute Gasteiger partial charge is 0.465 e. The highest BCUT2D eigenvalue weighted by molar-refractivity contribution is 8.00. The molecule has 0 aromatic heterocycles. The van der Waals surface area contributed by atoms with Gasteiger partial charge < -0.3 is 4.74 Å². The van der Waals surface area contributed by atoms with E-state index in [-0.39, 0.29) is 5.97 Å². The zero-order valence-corrected chi connectivity index (χ0v) is 13.4. The van der Waals surface area contributed by atoms with Crippen LogP contribution in [0, 0.1) is 0 Å². The molecular formula is C12H23NO4S2. The van der Waals surface area contributed by atoms with Gasteiger partial charge in [0.05, 0.1) is 6.61 Å². The first kappa shape index (κ1) is 16.8. The molecule has 0 radical (unpaired) electrons. The number of thioether (sulfide) groups is 1. The Morgan fingerprint density at radius 1 is 1.47 bits per heavy atom. The summed E-state index contributed by atoms with van der Waals surface area (Å²) in [6.45, 7) is 4.69. The summed E-state index contributed by atoms with van der Waals surface area (Å²) in [5, 5.41) is -0.577. The van der Waals surface area contributed by atoms with Crippen molar-refractivity contribution in [3.8, 4) is 0 Å². The van der Waals surface area contributed by atoms with Gasteiger partial charge in [-0.25, -0.2) is 8.42 Å². The van der Waals surface area contributed by atoms with Crippen molar-refractivity contribution in [2.24, 2.45) is 0 Å². The van der Waals surface area contributed by atoms with Crippen LogP contribution in [0.5, 0.6) is 0 Å². The summed E-state index contributed by atoms with van der Waals surface area (Å²) in [5.74, 6) is 1.08. The van der Waals surface area contributed by atoms with E-state index in [0.717, 1.165) is 12.2 Å². The van der Waals surface area contributed by atoms with Crippen molar-refractivity contribution in [2.75, 3.05) is 30.9 Å². The number of sulfone groups is 1. The Morgan fingerprint density at radius 2 is 2.16 bits per heavy atom. The second-order valence-corrected chi connectivity index (χ2v) is 8.01. The number of nitrogens with zero attached hydrogens (tertiary/aromatic N) is 1. The third-order valence-electron chi connectivity index (χ3n) is 3.14. The van der Waals surface area contributed by atoms with Gasteiger partial charge in [0.25, 0.3) is 0 Å². The van der Waals surface area contributed by atoms with Gasteiger partial charge in [0, 0.05) is 24.3 Å². The quantitative estimate of drug-likeness (QED) is 0.686. The fourth-order valence-electron chi connectivity index (χ4n) is 2.25. The van der Waals surface area contributed by atoms with Crippen molar-refractivity contribution in [3.05, 3.63) is 0 Å². The number of carbonyl (C=O) groups excluding carboxylic acids is 1. The molecule has 0 amide bonds. The van der Waals surface area contributed by atoms with Crippen molar-refractivity contribution < 1.29 is 17.9 Å². The van der Waals surface area contributed by atoms with E-state index in [1.54, 1.807) is 18.7 Å². The number of hydrogen-bond donors (Lipinski definition) is 0. The van der Waals surface area contributed by atoms with Gasteiger partial charge in [-0.3, -0.25) is 9.69 Å². The van der Waals surface area contributed by atoms with E-state index in [0.29, 0.717) is 25.3 Å². The molecule has 0 aliphatic carbocycles. The van der Waals surface area contributed by atoms with Gasteiger partial charge in [-0.05, 0) is 13.3 Å². The van der Waals surface area contributed by atoms with Gasteiger partial charge in [-0.2, -0.15) is 11.8 Å². The molecule has 1 heterocycles. The van der Waals surface area contributed by atoms with Gasteiger partial charge in [-0.15, -0.1) is 0 Å². The number of hydrogen-bond acceptors (Lipinski definition) is 6. The summed E-state index contributed by atoms with van der Waals surface area (Å²) >= 11 is 1.62. The number of ether oxygens (including phenoxy) is 1. The van der Waals surface area contributed by atoms with Gasteiger partial charge in [0.1, 0.15) is 11.4 Å². The summed E-state index contributed by atoms with van der Waals surface area (Å²) in [6, 6.07) is -0.439. The number of rotatable bonds is 6. The lowest BCUT2D eigenvalue weighted by Crippen LogP contribution is -2.54. The highest BCUT2D eigenvalue weighted by Crippen LogP contribution is 2.24. The Bertz CT molecular complexity index is 397. The Balaban J connectivity index is 2.93. The molecule has 5 nitrogen and oxygen atoms in total. The minimum Gasteiger partial charge on any atom is -0.465 e. The van der Waals surface area contributed by atoms with E-state index in [9.17, 15) is 13.2 Å². The van der Waals surface area contributed by atoms with E-state index in [1.807, 2.05) is 11.8 Å². The second kappa shape index (κ2) is 7.50. The van der Waals surface area contributed by atoms with Crippen molar-refractivity contribution >= 4 is 27.6 Å². The first-order valence-electron chi connectivity index (χ1n) is 6.60. The smallest absolute Gasteiger partial charge is 0.323 e. The van der Waals surface area contributed by atoms with Crippen molar-refractivity contribution in [1.29, 1.82) is 0 Å². The molecule has 112 valence electrons. The highest BCUT2D eigenvalue weighted by atomic mass is 32.2. The Hall–Kier alpha value is -0.270. The van der Waals surface area contributed by atoms with Crippen LogP contribution >= 0.6 is 11.8 Å². The predicted octanol–water partition coefficient (Wildman–Crippen LogP) is 1.14. The van der Waals surface area contributed by atoms with Gasteiger partial charge in [0.15, 0.2) is 9.84 Å². The van der Waals surface area contributed by atoms with E-state index >= 15 is 0 Å². The molecule has 1 saturated heterocycles. The Labute approximate surface area is 120 Å². The molecule has 7 heteroatoms. The maximum atomic E-state index is 12.0. The van der Waals surface area contributed by atoms with E-state index in [1.165, 1.54) is 6.26 Å². The minimum atomic E-state index is -3.19. The lowest BCUT2D eigenvalue weighted by molar-refractivity contribution is -0.150. The Kier molecular flexibility index (Phi) is 6.62. The molecule has 0 bridgehead atoms. The van der Waals surface area contributed by atoms with Crippen LogP contribution < -0.4 is 0 Å². The highest BCUT2D eigenvalue weighted by Gasteiger charge is 2.38. The Morgan fingerprint density at radius 3 is 2.68 bits per heavy atom. The number of carbonyl (C=O) groups is 1. The van der Waals surface area contributed by atoms with Crippen LogP contribution in [-0.2, 0) is 19.4 Å². The molecule has 0 aromatic rings. The van der Waals surface area contributed by atoms with Crippen molar-refractivity contribution in [3.63, 3.8) is 0 Å². The molecule has 0 aromatic carbocycles. The van der Waals surface area contributed by atoms with Gasteiger partial charge in [-0.1, -0.05) is 13.3 Å². The van der Waals surface area contributed by atoms with E-state index in [2.05, 4.69) is 0 Å². The molecule has 1 rings (SSSR count). The standard InChI is InChI=1S/C12H23NO4S2/c1-4-6-10(12(14)17-5-2)13-7-8-18-9-11(13)19(3,15)16/h10-11H,4-9H2,1-3H3. The van der Waals surface area contributed by atoms with Crippen LogP contribution in [0.2, 0.25) is 0 Å². The van der Waals surface area contributed by atoms with Crippen molar-refractivity contribution in [2.45, 2.75) is 38.1 Å². The first-order valence-corrected chi connectivity index (χ1v) is 9.71. The zero-order valence-electron chi connectivity index (χ0n) is 11.8. The minimum absolute atomic E-state index is 0.301. The van der Waals surface area contributed by atoms with Crippen LogP contribution in [0.3, 0.4) is 0 Å². The van der Waals surface area contributed by atoms with Crippen molar-refractivity contribution in [1.82, 2.24) is 4.90 Å². The molecule has 0 N–H and O–H groups in total.